The van der Waals surface area contributed by atoms with E-state index in [2.05, 4.69) is 26.1 Å². The minimum absolute atomic E-state index is 0.0602. The van der Waals surface area contributed by atoms with Crippen LogP contribution in [0.1, 0.15) is 52.1 Å². The molecule has 1 N–H and O–H groups in total. The lowest BCUT2D eigenvalue weighted by Gasteiger charge is -2.31. The second-order valence-electron chi connectivity index (χ2n) is 10.5. The van der Waals surface area contributed by atoms with Crippen molar-refractivity contribution < 1.29 is 13.2 Å². The van der Waals surface area contributed by atoms with Gasteiger partial charge >= 0.3 is 5.69 Å². The number of fused-ring (bicyclic) bond motifs is 1. The van der Waals surface area contributed by atoms with Crippen LogP contribution in [-0.4, -0.2) is 45.8 Å². The normalized spacial score (nSPS) is 17.6. The van der Waals surface area contributed by atoms with Crippen molar-refractivity contribution in [2.45, 2.75) is 57.9 Å². The summed E-state index contributed by atoms with van der Waals surface area (Å²) in [6.45, 7) is 9.01. The maximum atomic E-state index is 13.3. The van der Waals surface area contributed by atoms with E-state index in [0.29, 0.717) is 31.0 Å². The second kappa shape index (κ2) is 9.23. The number of aromatic nitrogens is 3. The van der Waals surface area contributed by atoms with Gasteiger partial charge in [-0.05, 0) is 54.7 Å². The van der Waals surface area contributed by atoms with Gasteiger partial charge in [-0.1, -0.05) is 20.8 Å². The number of nitrogens with one attached hydrogen (secondary N) is 1. The van der Waals surface area contributed by atoms with E-state index in [4.69, 9.17) is 4.98 Å². The van der Waals surface area contributed by atoms with Crippen LogP contribution in [-0.2, 0) is 28.4 Å². The van der Waals surface area contributed by atoms with Crippen LogP contribution in [0.15, 0.2) is 46.1 Å². The number of imidazole rings is 1. The Morgan fingerprint density at radius 3 is 2.46 bits per heavy atom. The molecule has 0 saturated carbocycles. The zero-order valence-corrected chi connectivity index (χ0v) is 21.7. The highest BCUT2D eigenvalue weighted by Gasteiger charge is 2.32. The van der Waals surface area contributed by atoms with Crippen LogP contribution >= 0.6 is 0 Å². The molecule has 1 aromatic carbocycles. The molecule has 0 radical (unpaired) electrons. The fourth-order valence-electron chi connectivity index (χ4n) is 4.61. The molecule has 1 fully saturated rings. The van der Waals surface area contributed by atoms with Gasteiger partial charge < -0.3 is 5.32 Å². The van der Waals surface area contributed by atoms with E-state index in [1.165, 1.54) is 23.4 Å². The van der Waals surface area contributed by atoms with E-state index < -0.39 is 10.0 Å². The van der Waals surface area contributed by atoms with Crippen LogP contribution in [0, 0.1) is 5.41 Å². The van der Waals surface area contributed by atoms with Crippen LogP contribution in [0.4, 0.5) is 5.69 Å². The standard InChI is InChI=1S/C25H33N5O4S/c1-17(31)26-19-8-10-20(11-9-19)35(33,34)29-14-6-7-18(15-29)21-12-13-22-23(27-21)28(5)24(32)30(22)16-25(2,3)4/h8-13,18H,6-7,14-16H2,1-5H3,(H,26,31). The van der Waals surface area contributed by atoms with Crippen molar-refractivity contribution in [1.29, 1.82) is 0 Å². The lowest BCUT2D eigenvalue weighted by Crippen LogP contribution is -2.39. The fraction of sp³-hybridized carbons (Fsp3) is 0.480. The van der Waals surface area contributed by atoms with Crippen LogP contribution in [0.2, 0.25) is 0 Å². The van der Waals surface area contributed by atoms with E-state index in [0.717, 1.165) is 24.1 Å². The topological polar surface area (TPSA) is 106 Å². The minimum atomic E-state index is -3.69. The molecule has 9 nitrogen and oxygen atoms in total. The van der Waals surface area contributed by atoms with Crippen LogP contribution in [0.25, 0.3) is 11.2 Å². The summed E-state index contributed by atoms with van der Waals surface area (Å²) in [6, 6.07) is 10.1. The molecular weight excluding hydrogens is 466 g/mol. The summed E-state index contributed by atoms with van der Waals surface area (Å²) < 4.78 is 31.5. The first-order valence-corrected chi connectivity index (χ1v) is 13.2. The molecule has 3 aromatic rings. The molecule has 0 aliphatic carbocycles. The number of nitrogens with zero attached hydrogens (tertiary/aromatic N) is 4. The number of rotatable bonds is 5. The van der Waals surface area contributed by atoms with Crippen molar-refractivity contribution in [2.24, 2.45) is 12.5 Å². The Balaban J connectivity index is 1.60. The van der Waals surface area contributed by atoms with Crippen LogP contribution in [0.3, 0.4) is 0 Å². The second-order valence-corrected chi connectivity index (χ2v) is 12.4. The maximum absolute atomic E-state index is 13.3. The highest BCUT2D eigenvalue weighted by atomic mass is 32.2. The Bertz CT molecular complexity index is 1420. The first kappa shape index (κ1) is 25.1. The molecule has 3 heterocycles. The molecule has 4 rings (SSSR count). The molecule has 10 heteroatoms. The Morgan fingerprint density at radius 1 is 1.14 bits per heavy atom. The van der Waals surface area contributed by atoms with Gasteiger partial charge in [-0.15, -0.1) is 0 Å². The summed E-state index contributed by atoms with van der Waals surface area (Å²) in [4.78, 5) is 29.1. The molecule has 1 aliphatic rings. The van der Waals surface area contributed by atoms with Crippen LogP contribution in [0.5, 0.6) is 0 Å². The SMILES string of the molecule is CC(=O)Nc1ccc(S(=O)(=O)N2CCCC(c3ccc4c(n3)n(C)c(=O)n4CC(C)(C)C)C2)cc1. The maximum Gasteiger partial charge on any atom is 0.330 e. The molecule has 2 aromatic heterocycles. The Labute approximate surface area is 205 Å². The molecule has 1 aliphatic heterocycles. The lowest BCUT2D eigenvalue weighted by atomic mass is 9.95. The summed E-state index contributed by atoms with van der Waals surface area (Å²) in [5.74, 6) is -0.280. The van der Waals surface area contributed by atoms with Crippen molar-refractivity contribution in [3.8, 4) is 0 Å². The van der Waals surface area contributed by atoms with E-state index in [1.807, 2.05) is 12.1 Å². The quantitative estimate of drug-likeness (QED) is 0.580. The first-order valence-electron chi connectivity index (χ1n) is 11.8. The smallest absolute Gasteiger partial charge is 0.326 e. The average molecular weight is 500 g/mol. The van der Waals surface area contributed by atoms with Gasteiger partial charge in [0.15, 0.2) is 5.65 Å². The number of amides is 1. The number of hydrogen-bond acceptors (Lipinski definition) is 5. The van der Waals surface area contributed by atoms with Crippen molar-refractivity contribution in [3.05, 3.63) is 52.6 Å². The molecule has 35 heavy (non-hydrogen) atoms. The van der Waals surface area contributed by atoms with Gasteiger partial charge in [-0.25, -0.2) is 18.2 Å². The molecule has 1 saturated heterocycles. The molecule has 1 atom stereocenters. The largest absolute Gasteiger partial charge is 0.330 e. The van der Waals surface area contributed by atoms with Gasteiger partial charge in [-0.3, -0.25) is 13.9 Å². The lowest BCUT2D eigenvalue weighted by molar-refractivity contribution is -0.114. The van der Waals surface area contributed by atoms with E-state index in [1.54, 1.807) is 28.3 Å². The number of hydrogen-bond donors (Lipinski definition) is 1. The highest BCUT2D eigenvalue weighted by Crippen LogP contribution is 2.31. The van der Waals surface area contributed by atoms with Gasteiger partial charge in [0, 0.05) is 50.9 Å². The zero-order valence-electron chi connectivity index (χ0n) is 20.9. The van der Waals surface area contributed by atoms with E-state index >= 15 is 0 Å². The Kier molecular flexibility index (Phi) is 6.63. The third-order valence-electron chi connectivity index (χ3n) is 6.25. The number of piperidine rings is 1. The van der Waals surface area contributed by atoms with Crippen molar-refractivity contribution in [2.75, 3.05) is 18.4 Å². The number of aryl methyl sites for hydroxylation is 1. The summed E-state index contributed by atoms with van der Waals surface area (Å²) in [7, 11) is -1.96. The van der Waals surface area contributed by atoms with E-state index in [-0.39, 0.29) is 27.8 Å². The monoisotopic (exact) mass is 499 g/mol. The number of pyridine rings is 1. The van der Waals surface area contributed by atoms with Crippen molar-refractivity contribution >= 4 is 32.8 Å². The molecule has 1 unspecified atom stereocenters. The highest BCUT2D eigenvalue weighted by molar-refractivity contribution is 7.89. The Hall–Kier alpha value is -2.98. The van der Waals surface area contributed by atoms with Crippen molar-refractivity contribution in [3.63, 3.8) is 0 Å². The van der Waals surface area contributed by atoms with Gasteiger partial charge in [0.05, 0.1) is 10.4 Å². The number of sulfonamides is 1. The number of carbonyl (C=O) groups excluding carboxylic acids is 1. The van der Waals surface area contributed by atoms with Gasteiger partial charge in [0.25, 0.3) is 0 Å². The van der Waals surface area contributed by atoms with E-state index in [9.17, 15) is 18.0 Å². The molecule has 0 bridgehead atoms. The molecular formula is C25H33N5O4S. The first-order chi connectivity index (χ1) is 16.4. The Morgan fingerprint density at radius 2 is 1.83 bits per heavy atom. The van der Waals surface area contributed by atoms with Crippen LogP contribution < -0.4 is 11.0 Å². The zero-order chi connectivity index (χ0) is 25.5. The predicted molar refractivity (Wildman–Crippen MR) is 136 cm³/mol. The summed E-state index contributed by atoms with van der Waals surface area (Å²) in [6.07, 6.45) is 1.54. The third kappa shape index (κ3) is 5.18. The van der Waals surface area contributed by atoms with Crippen molar-refractivity contribution in [1.82, 2.24) is 18.4 Å². The number of anilines is 1. The minimum Gasteiger partial charge on any atom is -0.326 e. The summed E-state index contributed by atoms with van der Waals surface area (Å²) in [5.41, 5.74) is 2.59. The number of carbonyl (C=O) groups is 1. The van der Waals surface area contributed by atoms with Gasteiger partial charge in [-0.2, -0.15) is 4.31 Å². The molecule has 0 spiro atoms. The molecule has 1 amide bonds. The predicted octanol–water partition coefficient (Wildman–Crippen LogP) is 3.31. The number of benzene rings is 1. The molecule has 188 valence electrons. The van der Waals surface area contributed by atoms with Gasteiger partial charge in [0.2, 0.25) is 15.9 Å². The fourth-order valence-corrected chi connectivity index (χ4v) is 6.13. The average Bonchev–Trinajstić information content (AvgIpc) is 3.02. The summed E-state index contributed by atoms with van der Waals surface area (Å²) in [5, 5.41) is 2.65. The third-order valence-corrected chi connectivity index (χ3v) is 8.13. The van der Waals surface area contributed by atoms with Gasteiger partial charge in [0.1, 0.15) is 0 Å². The summed E-state index contributed by atoms with van der Waals surface area (Å²) >= 11 is 0.